The molecule has 27 heavy (non-hydrogen) atoms. The van der Waals surface area contributed by atoms with Gasteiger partial charge in [0.15, 0.2) is 0 Å². The van der Waals surface area contributed by atoms with E-state index in [4.69, 9.17) is 11.4 Å². The summed E-state index contributed by atoms with van der Waals surface area (Å²) in [6.45, 7) is 1.33. The summed E-state index contributed by atoms with van der Waals surface area (Å²) < 4.78 is 1.07. The van der Waals surface area contributed by atoms with Gasteiger partial charge < -0.3 is 10.6 Å². The van der Waals surface area contributed by atoms with Gasteiger partial charge in [-0.15, -0.1) is 17.8 Å². The molecule has 0 atom stereocenters. The average Bonchev–Trinajstić information content (AvgIpc) is 3.00. The lowest BCUT2D eigenvalue weighted by atomic mass is 10.1. The van der Waals surface area contributed by atoms with Crippen LogP contribution < -0.4 is 10.6 Å². The van der Waals surface area contributed by atoms with Crippen LogP contribution in [0.5, 0.6) is 0 Å². The highest BCUT2D eigenvalue weighted by Crippen LogP contribution is 2.40. The summed E-state index contributed by atoms with van der Waals surface area (Å²) in [5.41, 5.74) is 4.15. The van der Waals surface area contributed by atoms with Gasteiger partial charge in [0, 0.05) is 40.3 Å². The van der Waals surface area contributed by atoms with Crippen molar-refractivity contribution in [3.63, 3.8) is 0 Å². The molecule has 2 N–H and O–H groups in total. The second-order valence-electron chi connectivity index (χ2n) is 6.26. The van der Waals surface area contributed by atoms with Crippen LogP contribution in [-0.2, 0) is 0 Å². The fraction of sp³-hybridized carbons (Fsp3) is 0.0952. The van der Waals surface area contributed by atoms with Crippen molar-refractivity contribution in [2.45, 2.75) is 0 Å². The standard InChI is InChI=1S/C21H14N4OS/c1-2-13-11-12(7-8-22-13)15-4-3-14-16(25-15)5-6-17-18(14)19-20(27-17)21(26)24-10-9-23-19/h1,3-8,11,23H,9-10H2,(H,24,26). The van der Waals surface area contributed by atoms with E-state index in [1.165, 1.54) is 11.3 Å². The van der Waals surface area contributed by atoms with Crippen LogP contribution in [-0.4, -0.2) is 29.0 Å². The molecule has 4 aromatic rings. The quantitative estimate of drug-likeness (QED) is 0.502. The second-order valence-corrected chi connectivity index (χ2v) is 7.32. The largest absolute Gasteiger partial charge is 0.381 e. The van der Waals surface area contributed by atoms with Gasteiger partial charge in [-0.1, -0.05) is 5.92 Å². The number of hydrogen-bond acceptors (Lipinski definition) is 5. The molecule has 0 saturated carbocycles. The Balaban J connectivity index is 1.73. The highest BCUT2D eigenvalue weighted by molar-refractivity contribution is 7.21. The van der Waals surface area contributed by atoms with Gasteiger partial charge in [0.25, 0.3) is 5.91 Å². The predicted molar refractivity (Wildman–Crippen MR) is 109 cm³/mol. The van der Waals surface area contributed by atoms with Crippen LogP contribution in [0.25, 0.3) is 32.2 Å². The molecule has 0 aliphatic carbocycles. The first-order chi connectivity index (χ1) is 13.2. The van der Waals surface area contributed by atoms with Crippen LogP contribution in [0.15, 0.2) is 42.6 Å². The molecule has 0 bridgehead atoms. The number of carbonyl (C=O) groups excluding carboxylic acids is 1. The molecule has 0 spiro atoms. The fourth-order valence-corrected chi connectivity index (χ4v) is 4.51. The van der Waals surface area contributed by atoms with Crippen molar-refractivity contribution in [1.29, 1.82) is 0 Å². The molecule has 4 heterocycles. The SMILES string of the molecule is C#Cc1cc(-c2ccc3c(ccc4sc5c(c43)NCCNC5=O)n2)ccn1. The Morgan fingerprint density at radius 1 is 1.11 bits per heavy atom. The molecule has 130 valence electrons. The van der Waals surface area contributed by atoms with E-state index in [0.717, 1.165) is 42.8 Å². The van der Waals surface area contributed by atoms with E-state index in [9.17, 15) is 4.79 Å². The molecule has 0 unspecified atom stereocenters. The van der Waals surface area contributed by atoms with Crippen LogP contribution in [0.1, 0.15) is 15.4 Å². The number of fused-ring (bicyclic) bond motifs is 5. The van der Waals surface area contributed by atoms with Gasteiger partial charge in [-0.2, -0.15) is 0 Å². The lowest BCUT2D eigenvalue weighted by molar-refractivity contribution is 0.0962. The molecule has 1 aliphatic rings. The molecular weight excluding hydrogens is 356 g/mol. The minimum atomic E-state index is -0.0208. The number of rotatable bonds is 1. The molecule has 1 aliphatic heterocycles. The molecule has 3 aromatic heterocycles. The van der Waals surface area contributed by atoms with Crippen LogP contribution in [0.4, 0.5) is 5.69 Å². The molecule has 0 fully saturated rings. The lowest BCUT2D eigenvalue weighted by Gasteiger charge is -2.07. The number of hydrogen-bond donors (Lipinski definition) is 2. The molecule has 0 saturated heterocycles. The van der Waals surface area contributed by atoms with E-state index in [2.05, 4.69) is 27.6 Å². The number of carbonyl (C=O) groups is 1. The maximum Gasteiger partial charge on any atom is 0.263 e. The number of benzene rings is 1. The van der Waals surface area contributed by atoms with E-state index >= 15 is 0 Å². The number of amides is 1. The Morgan fingerprint density at radius 2 is 2.00 bits per heavy atom. The monoisotopic (exact) mass is 370 g/mol. The lowest BCUT2D eigenvalue weighted by Crippen LogP contribution is -2.24. The third-order valence-corrected chi connectivity index (χ3v) is 5.80. The van der Waals surface area contributed by atoms with Crippen molar-refractivity contribution in [3.05, 3.63) is 53.2 Å². The summed E-state index contributed by atoms with van der Waals surface area (Å²) in [6, 6.07) is 11.8. The molecule has 1 amide bonds. The Labute approximate surface area is 159 Å². The summed E-state index contributed by atoms with van der Waals surface area (Å²) in [4.78, 5) is 22.0. The smallest absolute Gasteiger partial charge is 0.263 e. The topological polar surface area (TPSA) is 66.9 Å². The van der Waals surface area contributed by atoms with Gasteiger partial charge in [0.05, 0.1) is 16.9 Å². The zero-order valence-electron chi connectivity index (χ0n) is 14.2. The van der Waals surface area contributed by atoms with Crippen LogP contribution >= 0.6 is 11.3 Å². The normalized spacial score (nSPS) is 13.5. The maximum absolute atomic E-state index is 12.3. The minimum Gasteiger partial charge on any atom is -0.381 e. The maximum atomic E-state index is 12.3. The number of aromatic nitrogens is 2. The first-order valence-electron chi connectivity index (χ1n) is 8.56. The Kier molecular flexibility index (Phi) is 3.56. The molecule has 1 aromatic carbocycles. The number of pyridine rings is 2. The van der Waals surface area contributed by atoms with Gasteiger partial charge in [-0.05, 0) is 36.4 Å². The van der Waals surface area contributed by atoms with Crippen molar-refractivity contribution in [1.82, 2.24) is 15.3 Å². The average molecular weight is 370 g/mol. The Morgan fingerprint density at radius 3 is 2.89 bits per heavy atom. The zero-order chi connectivity index (χ0) is 18.4. The number of terminal acetylenes is 1. The Hall–Kier alpha value is -3.43. The predicted octanol–water partition coefficient (Wildman–Crippen LogP) is 3.65. The van der Waals surface area contributed by atoms with Crippen LogP contribution in [0, 0.1) is 12.3 Å². The Bertz CT molecular complexity index is 1270. The van der Waals surface area contributed by atoms with E-state index in [1.807, 2.05) is 30.3 Å². The molecule has 5 nitrogen and oxygen atoms in total. The van der Waals surface area contributed by atoms with Crippen molar-refractivity contribution in [3.8, 4) is 23.6 Å². The summed E-state index contributed by atoms with van der Waals surface area (Å²) in [7, 11) is 0. The molecule has 6 heteroatoms. The molecular formula is C21H14N4OS. The van der Waals surface area contributed by atoms with Gasteiger partial charge in [-0.3, -0.25) is 4.79 Å². The summed E-state index contributed by atoms with van der Waals surface area (Å²) in [6.07, 6.45) is 7.15. The van der Waals surface area contributed by atoms with E-state index in [-0.39, 0.29) is 5.91 Å². The van der Waals surface area contributed by atoms with Crippen LogP contribution in [0.2, 0.25) is 0 Å². The van der Waals surface area contributed by atoms with Crippen molar-refractivity contribution in [2.24, 2.45) is 0 Å². The summed E-state index contributed by atoms with van der Waals surface area (Å²) in [5.74, 6) is 2.53. The molecule has 5 rings (SSSR count). The van der Waals surface area contributed by atoms with Gasteiger partial charge >= 0.3 is 0 Å². The first-order valence-corrected chi connectivity index (χ1v) is 9.37. The van der Waals surface area contributed by atoms with Crippen molar-refractivity contribution < 1.29 is 4.79 Å². The van der Waals surface area contributed by atoms with Gasteiger partial charge in [0.2, 0.25) is 0 Å². The van der Waals surface area contributed by atoms with Gasteiger partial charge in [-0.25, -0.2) is 9.97 Å². The number of thiophene rings is 1. The third kappa shape index (κ3) is 2.52. The molecule has 0 radical (unpaired) electrons. The van der Waals surface area contributed by atoms with Crippen molar-refractivity contribution >= 4 is 43.9 Å². The van der Waals surface area contributed by atoms with E-state index < -0.39 is 0 Å². The number of nitrogens with zero attached hydrogens (tertiary/aromatic N) is 2. The minimum absolute atomic E-state index is 0.0208. The van der Waals surface area contributed by atoms with Crippen LogP contribution in [0.3, 0.4) is 0 Å². The second kappa shape index (κ2) is 6.08. The fourth-order valence-electron chi connectivity index (χ4n) is 3.40. The number of anilines is 1. The van der Waals surface area contributed by atoms with E-state index in [1.54, 1.807) is 6.20 Å². The third-order valence-electron chi connectivity index (χ3n) is 4.64. The highest BCUT2D eigenvalue weighted by atomic mass is 32.1. The van der Waals surface area contributed by atoms with E-state index in [0.29, 0.717) is 18.8 Å². The first kappa shape index (κ1) is 15.8. The highest BCUT2D eigenvalue weighted by Gasteiger charge is 2.22. The summed E-state index contributed by atoms with van der Waals surface area (Å²) >= 11 is 1.51. The van der Waals surface area contributed by atoms with Crippen molar-refractivity contribution in [2.75, 3.05) is 18.4 Å². The zero-order valence-corrected chi connectivity index (χ0v) is 15.1. The summed E-state index contributed by atoms with van der Waals surface area (Å²) in [5, 5.41) is 8.41. The number of nitrogens with one attached hydrogen (secondary N) is 2. The van der Waals surface area contributed by atoms with Gasteiger partial charge in [0.1, 0.15) is 10.6 Å².